The van der Waals surface area contributed by atoms with Crippen LogP contribution in [0.2, 0.25) is 0 Å². The number of likely N-dealkylation sites (N-methyl/N-ethyl adjacent to an activating group) is 1. The van der Waals surface area contributed by atoms with Gasteiger partial charge in [-0.2, -0.15) is 0 Å². The monoisotopic (exact) mass is 275 g/mol. The van der Waals surface area contributed by atoms with Gasteiger partial charge in [0.25, 0.3) is 5.91 Å². The third-order valence-corrected chi connectivity index (χ3v) is 3.57. The molecule has 1 heterocycles. The quantitative estimate of drug-likeness (QED) is 0.330. The van der Waals surface area contributed by atoms with Crippen molar-refractivity contribution in [1.29, 1.82) is 0 Å². The Labute approximate surface area is 103 Å². The maximum Gasteiger partial charge on any atom is 0.347 e. The van der Waals surface area contributed by atoms with Gasteiger partial charge in [-0.15, -0.1) is 0 Å². The standard InChI is InChI=1S/C9H14N3O5P/c1-12(6-8(13)11-14)9(18(15,16)17)7-3-2-4-10-5-7/h2-5,9,14H,6H2,1H3,(H,11,13)(H2,15,16,17). The van der Waals surface area contributed by atoms with E-state index in [1.807, 2.05) is 0 Å². The second-order valence-corrected chi connectivity index (χ2v) is 5.37. The highest BCUT2D eigenvalue weighted by Crippen LogP contribution is 2.52. The van der Waals surface area contributed by atoms with Crippen molar-refractivity contribution < 1.29 is 24.4 Å². The van der Waals surface area contributed by atoms with Crippen LogP contribution >= 0.6 is 7.60 Å². The lowest BCUT2D eigenvalue weighted by Crippen LogP contribution is -2.35. The van der Waals surface area contributed by atoms with E-state index < -0.39 is 19.3 Å². The molecule has 0 saturated carbocycles. The van der Waals surface area contributed by atoms with Crippen molar-refractivity contribution in [1.82, 2.24) is 15.4 Å². The van der Waals surface area contributed by atoms with Gasteiger partial charge in [-0.25, -0.2) is 5.48 Å². The van der Waals surface area contributed by atoms with Crippen LogP contribution in [0.25, 0.3) is 0 Å². The van der Waals surface area contributed by atoms with Crippen molar-refractivity contribution in [2.45, 2.75) is 5.78 Å². The van der Waals surface area contributed by atoms with Gasteiger partial charge in [-0.3, -0.25) is 24.5 Å². The Morgan fingerprint density at radius 2 is 2.28 bits per heavy atom. The van der Waals surface area contributed by atoms with Crippen LogP contribution < -0.4 is 5.48 Å². The van der Waals surface area contributed by atoms with Crippen LogP contribution in [0.3, 0.4) is 0 Å². The molecule has 9 heteroatoms. The molecule has 1 aromatic rings. The molecule has 0 saturated heterocycles. The molecular formula is C9H14N3O5P. The summed E-state index contributed by atoms with van der Waals surface area (Å²) in [5.41, 5.74) is 1.70. The van der Waals surface area contributed by atoms with Crippen molar-refractivity contribution in [3.8, 4) is 0 Å². The first-order valence-electron chi connectivity index (χ1n) is 4.94. The summed E-state index contributed by atoms with van der Waals surface area (Å²) >= 11 is 0. The Bertz CT molecular complexity index is 449. The molecule has 0 aliphatic heterocycles. The SMILES string of the molecule is CN(CC(=O)NO)C(c1cccnc1)P(=O)(O)O. The van der Waals surface area contributed by atoms with Gasteiger partial charge >= 0.3 is 7.60 Å². The fourth-order valence-electron chi connectivity index (χ4n) is 1.58. The number of carbonyl (C=O) groups is 1. The molecule has 1 amide bonds. The third-order valence-electron chi connectivity index (χ3n) is 2.24. The molecule has 1 atom stereocenters. The summed E-state index contributed by atoms with van der Waals surface area (Å²) in [6.45, 7) is -0.360. The van der Waals surface area contributed by atoms with Gasteiger partial charge in [-0.1, -0.05) is 6.07 Å². The minimum absolute atomic E-state index is 0.291. The number of hydrogen-bond donors (Lipinski definition) is 4. The molecule has 0 aromatic carbocycles. The highest BCUT2D eigenvalue weighted by Gasteiger charge is 2.35. The average molecular weight is 275 g/mol. The predicted octanol–water partition coefficient (Wildman–Crippen LogP) is -0.305. The Morgan fingerprint density at radius 1 is 1.61 bits per heavy atom. The van der Waals surface area contributed by atoms with Gasteiger partial charge in [0.2, 0.25) is 0 Å². The summed E-state index contributed by atoms with van der Waals surface area (Å²) in [5, 5.41) is 8.41. The molecule has 18 heavy (non-hydrogen) atoms. The summed E-state index contributed by atoms with van der Waals surface area (Å²) in [6, 6.07) is 3.04. The van der Waals surface area contributed by atoms with Crippen LogP contribution in [0.4, 0.5) is 0 Å². The first-order valence-corrected chi connectivity index (χ1v) is 6.62. The molecule has 0 bridgehead atoms. The highest BCUT2D eigenvalue weighted by atomic mass is 31.2. The van der Waals surface area contributed by atoms with E-state index in [1.54, 1.807) is 0 Å². The molecule has 4 N–H and O–H groups in total. The van der Waals surface area contributed by atoms with Gasteiger partial charge in [0.1, 0.15) is 5.78 Å². The lowest BCUT2D eigenvalue weighted by molar-refractivity contribution is -0.130. The van der Waals surface area contributed by atoms with Crippen molar-refractivity contribution in [2.75, 3.05) is 13.6 Å². The van der Waals surface area contributed by atoms with Crippen LogP contribution in [0, 0.1) is 0 Å². The number of pyridine rings is 1. The Morgan fingerprint density at radius 3 is 2.72 bits per heavy atom. The first-order chi connectivity index (χ1) is 8.36. The fourth-order valence-corrected chi connectivity index (χ4v) is 2.72. The number of carbonyl (C=O) groups excluding carboxylic acids is 1. The molecule has 0 radical (unpaired) electrons. The van der Waals surface area contributed by atoms with Gasteiger partial charge in [0.05, 0.1) is 6.54 Å². The minimum Gasteiger partial charge on any atom is -0.323 e. The summed E-state index contributed by atoms with van der Waals surface area (Å²) in [6.07, 6.45) is 2.79. The zero-order valence-corrected chi connectivity index (χ0v) is 10.5. The zero-order chi connectivity index (χ0) is 13.8. The maximum atomic E-state index is 11.5. The van der Waals surface area contributed by atoms with Crippen LogP contribution in [0.15, 0.2) is 24.5 Å². The molecule has 0 aliphatic carbocycles. The highest BCUT2D eigenvalue weighted by molar-refractivity contribution is 7.52. The smallest absolute Gasteiger partial charge is 0.323 e. The first kappa shape index (κ1) is 14.7. The van der Waals surface area contributed by atoms with E-state index in [2.05, 4.69) is 4.98 Å². The number of hydroxylamine groups is 1. The van der Waals surface area contributed by atoms with Crippen molar-refractivity contribution in [2.24, 2.45) is 0 Å². The normalized spacial score (nSPS) is 13.4. The number of hydrogen-bond acceptors (Lipinski definition) is 5. The minimum atomic E-state index is -4.50. The van der Waals surface area contributed by atoms with E-state index in [9.17, 15) is 19.1 Å². The van der Waals surface area contributed by atoms with Crippen molar-refractivity contribution in [3.05, 3.63) is 30.1 Å². The number of nitrogens with zero attached hydrogens (tertiary/aromatic N) is 2. The third kappa shape index (κ3) is 3.86. The van der Waals surface area contributed by atoms with E-state index in [0.717, 1.165) is 4.90 Å². The van der Waals surface area contributed by atoms with Crippen LogP contribution in [0.5, 0.6) is 0 Å². The number of aromatic nitrogens is 1. The molecule has 1 unspecified atom stereocenters. The molecule has 1 aromatic heterocycles. The molecule has 0 fully saturated rings. The molecule has 8 nitrogen and oxygen atoms in total. The molecule has 1 rings (SSSR count). The zero-order valence-electron chi connectivity index (χ0n) is 9.59. The van der Waals surface area contributed by atoms with E-state index in [1.165, 1.54) is 37.1 Å². The summed E-state index contributed by atoms with van der Waals surface area (Å²) < 4.78 is 11.5. The van der Waals surface area contributed by atoms with Gasteiger partial charge in [-0.05, 0) is 18.7 Å². The molecular weight excluding hydrogens is 261 g/mol. The van der Waals surface area contributed by atoms with Gasteiger partial charge < -0.3 is 9.79 Å². The largest absolute Gasteiger partial charge is 0.347 e. The van der Waals surface area contributed by atoms with Crippen LogP contribution in [-0.2, 0) is 9.36 Å². The van der Waals surface area contributed by atoms with E-state index >= 15 is 0 Å². The number of rotatable bonds is 5. The Kier molecular flexibility index (Phi) is 4.94. The maximum absolute atomic E-state index is 11.5. The van der Waals surface area contributed by atoms with Gasteiger partial charge in [0.15, 0.2) is 0 Å². The van der Waals surface area contributed by atoms with E-state index in [-0.39, 0.29) is 6.54 Å². The Balaban J connectivity index is 3.01. The second kappa shape index (κ2) is 6.03. The van der Waals surface area contributed by atoms with E-state index in [4.69, 9.17) is 5.21 Å². The average Bonchev–Trinajstić information content (AvgIpc) is 2.28. The van der Waals surface area contributed by atoms with Crippen molar-refractivity contribution in [3.63, 3.8) is 0 Å². The predicted molar refractivity (Wildman–Crippen MR) is 61.6 cm³/mol. The van der Waals surface area contributed by atoms with E-state index in [0.29, 0.717) is 5.56 Å². The second-order valence-electron chi connectivity index (χ2n) is 3.70. The summed E-state index contributed by atoms with van der Waals surface area (Å²) in [4.78, 5) is 34.6. The lowest BCUT2D eigenvalue weighted by atomic mass is 10.2. The summed E-state index contributed by atoms with van der Waals surface area (Å²) in [7, 11) is -3.13. The number of amides is 1. The fraction of sp³-hybridized carbons (Fsp3) is 0.333. The van der Waals surface area contributed by atoms with Gasteiger partial charge in [0, 0.05) is 12.4 Å². The molecule has 0 aliphatic rings. The van der Waals surface area contributed by atoms with Crippen LogP contribution in [0.1, 0.15) is 11.3 Å². The molecule has 0 spiro atoms. The molecule has 100 valence electrons. The van der Waals surface area contributed by atoms with Crippen molar-refractivity contribution >= 4 is 13.5 Å². The lowest BCUT2D eigenvalue weighted by Gasteiger charge is -2.27. The Hall–Kier alpha value is -1.31. The summed E-state index contributed by atoms with van der Waals surface area (Å²) in [5.74, 6) is -2.05. The number of nitrogens with one attached hydrogen (secondary N) is 1. The van der Waals surface area contributed by atoms with Crippen LogP contribution in [-0.4, -0.2) is 44.4 Å². The topological polar surface area (TPSA) is 123 Å².